The molecule has 1 saturated heterocycles. The van der Waals surface area contributed by atoms with Gasteiger partial charge in [0.05, 0.1) is 41.7 Å². The first-order valence-electron chi connectivity index (χ1n) is 13.2. The zero-order valence-corrected chi connectivity index (χ0v) is 23.5. The molecule has 0 N–H and O–H groups in total. The quantitative estimate of drug-likeness (QED) is 0.411. The van der Waals surface area contributed by atoms with E-state index in [2.05, 4.69) is 4.99 Å². The van der Waals surface area contributed by atoms with Crippen molar-refractivity contribution in [2.75, 3.05) is 39.5 Å². The average molecular weight is 562 g/mol. The van der Waals surface area contributed by atoms with Crippen LogP contribution in [-0.4, -0.2) is 60.9 Å². The summed E-state index contributed by atoms with van der Waals surface area (Å²) in [7, 11) is 0. The number of thiazole rings is 1. The second-order valence-electron chi connectivity index (χ2n) is 9.56. The number of benzene rings is 2. The summed E-state index contributed by atoms with van der Waals surface area (Å²) in [5.74, 6) is 0.00897. The number of rotatable bonds is 7. The Kier molecular flexibility index (Phi) is 8.27. The van der Waals surface area contributed by atoms with E-state index in [1.165, 1.54) is 11.3 Å². The topological polar surface area (TPSA) is 99.4 Å². The summed E-state index contributed by atoms with van der Waals surface area (Å²) in [5, 5.41) is 0. The molecule has 1 aromatic heterocycles. The number of fused-ring (bicyclic) bond motifs is 1. The number of aromatic nitrogens is 1. The van der Waals surface area contributed by atoms with Gasteiger partial charge >= 0.3 is 5.97 Å². The Labute approximate surface area is 235 Å². The molecular formula is C30H31N3O6S. The first-order chi connectivity index (χ1) is 19.4. The van der Waals surface area contributed by atoms with Crippen LogP contribution in [0.2, 0.25) is 0 Å². The molecule has 3 heterocycles. The van der Waals surface area contributed by atoms with Crippen LogP contribution in [0.5, 0.6) is 5.75 Å². The van der Waals surface area contributed by atoms with Gasteiger partial charge in [0.15, 0.2) is 11.4 Å². The SMILES string of the molecule is CCOC(=O)C1=C(C)N=c2s/c(=C/c3ccc(OCC(=O)N4CCOCC4)cc3)c(=O)n2[C@H]1c1ccc(C)cc1. The summed E-state index contributed by atoms with van der Waals surface area (Å²) >= 11 is 1.27. The van der Waals surface area contributed by atoms with Crippen LogP contribution in [0.3, 0.4) is 0 Å². The highest BCUT2D eigenvalue weighted by molar-refractivity contribution is 7.07. The summed E-state index contributed by atoms with van der Waals surface area (Å²) < 4.78 is 18.4. The Hall–Kier alpha value is -4.02. The van der Waals surface area contributed by atoms with Gasteiger partial charge in [-0.05, 0) is 50.1 Å². The molecule has 0 bridgehead atoms. The van der Waals surface area contributed by atoms with Gasteiger partial charge in [-0.15, -0.1) is 0 Å². The van der Waals surface area contributed by atoms with Crippen LogP contribution in [0.4, 0.5) is 0 Å². The molecule has 1 fully saturated rings. The van der Waals surface area contributed by atoms with E-state index < -0.39 is 12.0 Å². The number of allylic oxidation sites excluding steroid dienone is 1. The number of amides is 1. The van der Waals surface area contributed by atoms with Gasteiger partial charge < -0.3 is 19.1 Å². The lowest BCUT2D eigenvalue weighted by molar-refractivity contribution is -0.139. The maximum absolute atomic E-state index is 13.7. The van der Waals surface area contributed by atoms with Crippen LogP contribution in [0.15, 0.2) is 69.6 Å². The Bertz CT molecular complexity index is 1610. The van der Waals surface area contributed by atoms with Gasteiger partial charge in [-0.2, -0.15) is 0 Å². The highest BCUT2D eigenvalue weighted by Crippen LogP contribution is 2.30. The van der Waals surface area contributed by atoms with Gasteiger partial charge in [-0.1, -0.05) is 53.3 Å². The molecule has 3 aromatic rings. The molecule has 5 rings (SSSR count). The molecule has 0 unspecified atom stereocenters. The van der Waals surface area contributed by atoms with E-state index in [9.17, 15) is 14.4 Å². The number of hydrogen-bond donors (Lipinski definition) is 0. The van der Waals surface area contributed by atoms with Crippen LogP contribution >= 0.6 is 11.3 Å². The molecule has 40 heavy (non-hydrogen) atoms. The first-order valence-corrected chi connectivity index (χ1v) is 14.0. The van der Waals surface area contributed by atoms with Crippen LogP contribution in [0.1, 0.15) is 36.6 Å². The van der Waals surface area contributed by atoms with Crippen molar-refractivity contribution < 1.29 is 23.8 Å². The molecular weight excluding hydrogens is 530 g/mol. The summed E-state index contributed by atoms with van der Waals surface area (Å²) in [6.07, 6.45) is 1.79. The van der Waals surface area contributed by atoms with Crippen LogP contribution < -0.4 is 19.6 Å². The van der Waals surface area contributed by atoms with Crippen LogP contribution in [-0.2, 0) is 19.1 Å². The molecule has 0 aliphatic carbocycles. The van der Waals surface area contributed by atoms with Crippen LogP contribution in [0, 0.1) is 6.92 Å². The number of ether oxygens (including phenoxy) is 3. The molecule has 2 aromatic carbocycles. The molecule has 1 amide bonds. The third-order valence-corrected chi connectivity index (χ3v) is 7.80. The van der Waals surface area contributed by atoms with E-state index in [1.807, 2.05) is 43.3 Å². The van der Waals surface area contributed by atoms with Crippen molar-refractivity contribution in [3.63, 3.8) is 0 Å². The van der Waals surface area contributed by atoms with E-state index in [4.69, 9.17) is 14.2 Å². The summed E-state index contributed by atoms with van der Waals surface area (Å²) in [6.45, 7) is 7.92. The number of morpholine rings is 1. The second kappa shape index (κ2) is 12.0. The predicted octanol–water partition coefficient (Wildman–Crippen LogP) is 2.34. The zero-order valence-electron chi connectivity index (χ0n) is 22.7. The number of hydrogen-bond acceptors (Lipinski definition) is 8. The van der Waals surface area contributed by atoms with Crippen molar-refractivity contribution in [3.8, 4) is 5.75 Å². The predicted molar refractivity (Wildman–Crippen MR) is 151 cm³/mol. The van der Waals surface area contributed by atoms with Crippen molar-refractivity contribution in [1.82, 2.24) is 9.47 Å². The van der Waals surface area contributed by atoms with Gasteiger partial charge in [0, 0.05) is 13.1 Å². The Morgan fingerprint density at radius 1 is 1.07 bits per heavy atom. The van der Waals surface area contributed by atoms with Crippen molar-refractivity contribution in [3.05, 3.63) is 96.2 Å². The fourth-order valence-corrected chi connectivity index (χ4v) is 5.76. The molecule has 2 aliphatic rings. The summed E-state index contributed by atoms with van der Waals surface area (Å²) in [4.78, 5) is 45.9. The maximum atomic E-state index is 13.7. The third kappa shape index (κ3) is 5.78. The highest BCUT2D eigenvalue weighted by atomic mass is 32.1. The third-order valence-electron chi connectivity index (χ3n) is 6.81. The van der Waals surface area contributed by atoms with Crippen LogP contribution in [0.25, 0.3) is 6.08 Å². The minimum Gasteiger partial charge on any atom is -0.484 e. The summed E-state index contributed by atoms with van der Waals surface area (Å²) in [5.41, 5.74) is 3.34. The average Bonchev–Trinajstić information content (AvgIpc) is 3.26. The highest BCUT2D eigenvalue weighted by Gasteiger charge is 2.33. The first kappa shape index (κ1) is 27.5. The molecule has 9 nitrogen and oxygen atoms in total. The normalized spacial score (nSPS) is 17.3. The number of carbonyl (C=O) groups is 2. The Balaban J connectivity index is 1.43. The van der Waals surface area contributed by atoms with Crippen molar-refractivity contribution in [2.45, 2.75) is 26.8 Å². The van der Waals surface area contributed by atoms with Gasteiger partial charge in [0.2, 0.25) is 0 Å². The lowest BCUT2D eigenvalue weighted by Gasteiger charge is -2.26. The van der Waals surface area contributed by atoms with Gasteiger partial charge in [-0.25, -0.2) is 9.79 Å². The lowest BCUT2D eigenvalue weighted by atomic mass is 9.95. The second-order valence-corrected chi connectivity index (χ2v) is 10.6. The van der Waals surface area contributed by atoms with E-state index in [0.717, 1.165) is 16.7 Å². The van der Waals surface area contributed by atoms with Crippen molar-refractivity contribution in [1.29, 1.82) is 0 Å². The molecule has 10 heteroatoms. The molecule has 208 valence electrons. The van der Waals surface area contributed by atoms with Gasteiger partial charge in [0.25, 0.3) is 11.5 Å². The minimum atomic E-state index is -0.641. The lowest BCUT2D eigenvalue weighted by Crippen LogP contribution is -2.42. The van der Waals surface area contributed by atoms with Crippen molar-refractivity contribution in [2.24, 2.45) is 4.99 Å². The fraction of sp³-hybridized carbons (Fsp3) is 0.333. The van der Waals surface area contributed by atoms with E-state index in [1.54, 1.807) is 41.5 Å². The fourth-order valence-electron chi connectivity index (χ4n) is 4.72. The van der Waals surface area contributed by atoms with E-state index in [-0.39, 0.29) is 24.7 Å². The Morgan fingerprint density at radius 3 is 2.45 bits per heavy atom. The maximum Gasteiger partial charge on any atom is 0.338 e. The summed E-state index contributed by atoms with van der Waals surface area (Å²) in [6, 6.07) is 14.3. The Morgan fingerprint density at radius 2 is 1.77 bits per heavy atom. The van der Waals surface area contributed by atoms with E-state index >= 15 is 0 Å². The van der Waals surface area contributed by atoms with E-state index in [0.29, 0.717) is 52.7 Å². The number of aryl methyl sites for hydroxylation is 1. The van der Waals surface area contributed by atoms with Gasteiger partial charge in [0.1, 0.15) is 5.75 Å². The zero-order chi connectivity index (χ0) is 28.2. The monoisotopic (exact) mass is 561 g/mol. The molecule has 1 atom stereocenters. The molecule has 0 radical (unpaired) electrons. The van der Waals surface area contributed by atoms with Gasteiger partial charge in [-0.3, -0.25) is 14.2 Å². The van der Waals surface area contributed by atoms with Crippen molar-refractivity contribution >= 4 is 29.3 Å². The largest absolute Gasteiger partial charge is 0.484 e. The minimum absolute atomic E-state index is 0.0426. The smallest absolute Gasteiger partial charge is 0.338 e. The molecule has 0 saturated carbocycles. The molecule has 2 aliphatic heterocycles. The standard InChI is InChI=1S/C30H31N3O6S/c1-4-38-29(36)26-20(3)31-30-33(27(26)22-9-5-19(2)6-10-22)28(35)24(40-30)17-21-7-11-23(12-8-21)39-18-25(34)32-13-15-37-16-14-32/h5-12,17,27H,4,13-16,18H2,1-3H3/b24-17+/t27-/m0/s1. The number of esters is 1. The number of carbonyl (C=O) groups excluding carboxylic acids is 2. The number of nitrogens with zero attached hydrogens (tertiary/aromatic N) is 3. The molecule has 0 spiro atoms.